The normalized spacial score (nSPS) is 25.2. The first-order valence-corrected chi connectivity index (χ1v) is 12.0. The summed E-state index contributed by atoms with van der Waals surface area (Å²) >= 11 is 7.93. The Morgan fingerprint density at radius 3 is 2.69 bits per heavy atom. The summed E-state index contributed by atoms with van der Waals surface area (Å²) in [6.45, 7) is 5.11. The number of halogens is 2. The Hall–Kier alpha value is -2.10. The summed E-state index contributed by atoms with van der Waals surface area (Å²) in [7, 11) is 0. The number of piperidine rings is 1. The van der Waals surface area contributed by atoms with Crippen LogP contribution in [0.5, 0.6) is 0 Å². The minimum atomic E-state index is -1.16. The molecule has 3 aromatic rings. The van der Waals surface area contributed by atoms with Crippen molar-refractivity contribution in [3.63, 3.8) is 0 Å². The van der Waals surface area contributed by atoms with Gasteiger partial charge in [0, 0.05) is 42.6 Å². The highest BCUT2D eigenvalue weighted by molar-refractivity contribution is 7.99. The lowest BCUT2D eigenvalue weighted by atomic mass is 9.74. The summed E-state index contributed by atoms with van der Waals surface area (Å²) in [6.07, 6.45) is 8.25. The summed E-state index contributed by atoms with van der Waals surface area (Å²) in [5.41, 5.74) is 12.5. The quantitative estimate of drug-likeness (QED) is 0.584. The van der Waals surface area contributed by atoms with Crippen molar-refractivity contribution in [1.82, 2.24) is 19.4 Å². The zero-order valence-corrected chi connectivity index (χ0v) is 19.8. The van der Waals surface area contributed by atoms with Gasteiger partial charge in [0.25, 0.3) is 0 Å². The molecule has 7 nitrogen and oxygen atoms in total. The molecule has 1 aliphatic carbocycles. The van der Waals surface area contributed by atoms with Gasteiger partial charge in [0.15, 0.2) is 5.65 Å². The molecule has 2 aliphatic rings. The van der Waals surface area contributed by atoms with E-state index < -0.39 is 5.67 Å². The van der Waals surface area contributed by atoms with Crippen molar-refractivity contribution in [1.29, 1.82) is 0 Å². The first-order valence-electron chi connectivity index (χ1n) is 10.8. The average Bonchev–Trinajstić information content (AvgIpc) is 3.30. The molecule has 1 unspecified atom stereocenters. The van der Waals surface area contributed by atoms with Crippen LogP contribution in [0.4, 0.5) is 16.2 Å². The van der Waals surface area contributed by atoms with Crippen molar-refractivity contribution in [2.24, 2.45) is 11.1 Å². The van der Waals surface area contributed by atoms with E-state index in [4.69, 9.17) is 28.1 Å². The highest BCUT2D eigenvalue weighted by Gasteiger charge is 2.52. The molecule has 1 aliphatic heterocycles. The summed E-state index contributed by atoms with van der Waals surface area (Å²) in [5.74, 6) is 1.26. The molecule has 2 fully saturated rings. The van der Waals surface area contributed by atoms with Crippen LogP contribution in [0.1, 0.15) is 38.3 Å². The second-order valence-corrected chi connectivity index (χ2v) is 10.8. The van der Waals surface area contributed by atoms with Crippen LogP contribution >= 0.6 is 23.4 Å². The van der Waals surface area contributed by atoms with Crippen LogP contribution in [0, 0.1) is 12.3 Å². The summed E-state index contributed by atoms with van der Waals surface area (Å²) in [4.78, 5) is 17.5. The van der Waals surface area contributed by atoms with Crippen molar-refractivity contribution < 1.29 is 4.39 Å². The van der Waals surface area contributed by atoms with Gasteiger partial charge in [0.2, 0.25) is 5.95 Å². The van der Waals surface area contributed by atoms with Gasteiger partial charge >= 0.3 is 0 Å². The van der Waals surface area contributed by atoms with Gasteiger partial charge in [-0.05, 0) is 51.0 Å². The maximum Gasteiger partial charge on any atom is 0.211 e. The second kappa shape index (κ2) is 7.74. The van der Waals surface area contributed by atoms with Gasteiger partial charge in [-0.3, -0.25) is 4.40 Å². The lowest BCUT2D eigenvalue weighted by molar-refractivity contribution is 0.142. The third kappa shape index (κ3) is 3.70. The largest absolute Gasteiger partial charge is 0.384 e. The van der Waals surface area contributed by atoms with Gasteiger partial charge < -0.3 is 16.4 Å². The van der Waals surface area contributed by atoms with E-state index in [0.717, 1.165) is 47.3 Å². The molecule has 4 heterocycles. The molecule has 5 rings (SSSR count). The lowest BCUT2D eigenvalue weighted by Crippen LogP contribution is -2.47. The van der Waals surface area contributed by atoms with Crippen molar-refractivity contribution in [3.8, 4) is 0 Å². The van der Waals surface area contributed by atoms with Crippen LogP contribution in [0.25, 0.3) is 5.65 Å². The predicted molar refractivity (Wildman–Crippen MR) is 126 cm³/mol. The number of nitrogens with two attached hydrogens (primary N) is 2. The maximum atomic E-state index is 14.6. The molecule has 0 aromatic carbocycles. The average molecular weight is 476 g/mol. The fourth-order valence-electron chi connectivity index (χ4n) is 5.35. The Morgan fingerprint density at radius 1 is 1.25 bits per heavy atom. The van der Waals surface area contributed by atoms with Gasteiger partial charge in [0.05, 0.1) is 15.6 Å². The number of alkyl halides is 1. The Balaban J connectivity index is 1.40. The fourth-order valence-corrected chi connectivity index (χ4v) is 6.56. The standard InChI is InChI=1S/C22H27ClFN7S/c1-13-18(23)14(9-17(26)29-13)32-15-11-28-20(31-8-5-27-19(15)31)30-6-3-22(4-7-30)12-21(2,24)10-16(22)25/h5,8-9,11,16H,3-4,6-7,10,12,25H2,1-2H3,(H2,26,29)/t16-,21?/m1/s1. The summed E-state index contributed by atoms with van der Waals surface area (Å²) in [6, 6.07) is 1.68. The third-order valence-electron chi connectivity index (χ3n) is 6.90. The number of pyridine rings is 1. The van der Waals surface area contributed by atoms with Gasteiger partial charge in [-0.1, -0.05) is 23.4 Å². The molecule has 1 spiro atoms. The number of anilines is 2. The Labute approximate surface area is 195 Å². The molecule has 2 atom stereocenters. The van der Waals surface area contributed by atoms with E-state index in [1.807, 2.05) is 23.7 Å². The summed E-state index contributed by atoms with van der Waals surface area (Å²) in [5, 5.41) is 0.576. The monoisotopic (exact) mass is 475 g/mol. The van der Waals surface area contributed by atoms with Crippen LogP contribution in [-0.4, -0.2) is 44.2 Å². The molecule has 0 amide bonds. The molecule has 32 heavy (non-hydrogen) atoms. The van der Waals surface area contributed by atoms with Crippen LogP contribution < -0.4 is 16.4 Å². The predicted octanol–water partition coefficient (Wildman–Crippen LogP) is 4.26. The molecule has 10 heteroatoms. The van der Waals surface area contributed by atoms with Crippen LogP contribution in [0.3, 0.4) is 0 Å². The van der Waals surface area contributed by atoms with E-state index in [-0.39, 0.29) is 11.5 Å². The third-order valence-corrected chi connectivity index (χ3v) is 8.54. The van der Waals surface area contributed by atoms with Crippen molar-refractivity contribution in [2.75, 3.05) is 23.7 Å². The number of nitrogen functional groups attached to an aromatic ring is 1. The van der Waals surface area contributed by atoms with Crippen LogP contribution in [-0.2, 0) is 0 Å². The zero-order chi connectivity index (χ0) is 22.7. The van der Waals surface area contributed by atoms with E-state index in [9.17, 15) is 4.39 Å². The van der Waals surface area contributed by atoms with Gasteiger partial charge in [-0.25, -0.2) is 19.3 Å². The highest BCUT2D eigenvalue weighted by Crippen LogP contribution is 2.51. The topological polar surface area (TPSA) is 98.4 Å². The number of nitrogens with zero attached hydrogens (tertiary/aromatic N) is 5. The molecular formula is C22H27ClFN7S. The van der Waals surface area contributed by atoms with E-state index in [0.29, 0.717) is 29.4 Å². The molecule has 170 valence electrons. The first kappa shape index (κ1) is 21.7. The lowest BCUT2D eigenvalue weighted by Gasteiger charge is -2.42. The van der Waals surface area contributed by atoms with E-state index in [2.05, 4.69) is 14.9 Å². The number of aromatic nitrogens is 4. The molecule has 1 saturated heterocycles. The number of rotatable bonds is 3. The number of imidazole rings is 1. The Kier molecular flexibility index (Phi) is 5.26. The van der Waals surface area contributed by atoms with E-state index >= 15 is 0 Å². The zero-order valence-electron chi connectivity index (χ0n) is 18.2. The van der Waals surface area contributed by atoms with Gasteiger partial charge in [-0.2, -0.15) is 0 Å². The molecule has 4 N–H and O–H groups in total. The maximum absolute atomic E-state index is 14.6. The highest BCUT2D eigenvalue weighted by atomic mass is 35.5. The smallest absolute Gasteiger partial charge is 0.211 e. The van der Waals surface area contributed by atoms with E-state index in [1.54, 1.807) is 19.2 Å². The summed E-state index contributed by atoms with van der Waals surface area (Å²) < 4.78 is 16.6. The SMILES string of the molecule is Cc1nc(N)cc(Sc2cnc(N3CCC4(CC3)CC(C)(F)C[C@H]4N)n3ccnc23)c1Cl. The fraction of sp³-hybridized carbons (Fsp3) is 0.500. The number of aryl methyl sites for hydroxylation is 1. The van der Waals surface area contributed by atoms with Crippen molar-refractivity contribution in [2.45, 2.75) is 61.0 Å². The van der Waals surface area contributed by atoms with E-state index in [1.165, 1.54) is 11.8 Å². The van der Waals surface area contributed by atoms with Crippen LogP contribution in [0.2, 0.25) is 5.02 Å². The van der Waals surface area contributed by atoms with Crippen LogP contribution in [0.15, 0.2) is 34.4 Å². The molecule has 3 aromatic heterocycles. The number of fused-ring (bicyclic) bond motifs is 1. The molecular weight excluding hydrogens is 449 g/mol. The number of hydrogen-bond donors (Lipinski definition) is 2. The minimum Gasteiger partial charge on any atom is -0.384 e. The van der Waals surface area contributed by atoms with Crippen molar-refractivity contribution in [3.05, 3.63) is 35.4 Å². The molecule has 0 bridgehead atoms. The minimum absolute atomic E-state index is 0.0827. The number of hydrogen-bond acceptors (Lipinski definition) is 7. The Morgan fingerprint density at radius 2 is 2.00 bits per heavy atom. The van der Waals surface area contributed by atoms with Crippen molar-refractivity contribution >= 4 is 40.8 Å². The second-order valence-electron chi connectivity index (χ2n) is 9.34. The molecule has 1 saturated carbocycles. The molecule has 0 radical (unpaired) electrons. The van der Waals surface area contributed by atoms with Gasteiger partial charge in [-0.15, -0.1) is 0 Å². The van der Waals surface area contributed by atoms with Gasteiger partial charge in [0.1, 0.15) is 11.5 Å². The Bertz CT molecular complexity index is 1170. The first-order chi connectivity index (χ1) is 15.2.